The van der Waals surface area contributed by atoms with Crippen LogP contribution >= 0.6 is 11.6 Å². The summed E-state index contributed by atoms with van der Waals surface area (Å²) >= 11 is 6.33. The summed E-state index contributed by atoms with van der Waals surface area (Å²) in [6.45, 7) is 2.00. The fourth-order valence-electron chi connectivity index (χ4n) is 2.18. The largest absolute Gasteiger partial charge is 0.382 e. The summed E-state index contributed by atoms with van der Waals surface area (Å²) in [4.78, 5) is 4.02. The van der Waals surface area contributed by atoms with Gasteiger partial charge in [0, 0.05) is 18.0 Å². The fourth-order valence-corrected chi connectivity index (χ4v) is 2.51. The summed E-state index contributed by atoms with van der Waals surface area (Å²) in [7, 11) is 0. The number of aromatic nitrogens is 3. The molecule has 2 heterocycles. The maximum Gasteiger partial charge on any atom is 0.153 e. The van der Waals surface area contributed by atoms with E-state index in [0.29, 0.717) is 10.8 Å². The second kappa shape index (κ2) is 4.98. The lowest BCUT2D eigenvalue weighted by Crippen LogP contribution is -1.89. The number of aromatic amines is 1. The maximum atomic E-state index is 6.33. The smallest absolute Gasteiger partial charge is 0.153 e. The van der Waals surface area contributed by atoms with E-state index in [4.69, 9.17) is 17.3 Å². The van der Waals surface area contributed by atoms with Crippen LogP contribution in [0, 0.1) is 6.92 Å². The van der Waals surface area contributed by atoms with Gasteiger partial charge in [0.2, 0.25) is 0 Å². The van der Waals surface area contributed by atoms with E-state index in [1.807, 2.05) is 37.3 Å². The quantitative estimate of drug-likeness (QED) is 0.754. The zero-order valence-electron chi connectivity index (χ0n) is 10.9. The van der Waals surface area contributed by atoms with Gasteiger partial charge < -0.3 is 5.73 Å². The van der Waals surface area contributed by atoms with E-state index in [-0.39, 0.29) is 0 Å². The number of nitrogens with two attached hydrogens (primary N) is 1. The average molecular weight is 285 g/mol. The van der Waals surface area contributed by atoms with Crippen LogP contribution in [0.2, 0.25) is 5.02 Å². The van der Waals surface area contributed by atoms with Crippen molar-refractivity contribution in [2.45, 2.75) is 6.92 Å². The van der Waals surface area contributed by atoms with Crippen LogP contribution in [-0.2, 0) is 0 Å². The number of halogens is 1. The molecule has 3 rings (SSSR count). The molecule has 0 unspecified atom stereocenters. The predicted octanol–water partition coefficient (Wildman–Crippen LogP) is 3.68. The number of H-pyrrole nitrogens is 1. The van der Waals surface area contributed by atoms with Crippen LogP contribution in [0.4, 0.5) is 5.82 Å². The summed E-state index contributed by atoms with van der Waals surface area (Å²) in [6, 6.07) is 9.69. The average Bonchev–Trinajstić information content (AvgIpc) is 2.81. The number of nitrogen functional groups attached to an aromatic ring is 1. The summed E-state index contributed by atoms with van der Waals surface area (Å²) in [5.74, 6) is 0.447. The Morgan fingerprint density at radius 3 is 2.60 bits per heavy atom. The SMILES string of the molecule is Cc1ccc(-c2[nH]nc(N)c2-c2ccncc2)c(Cl)c1. The van der Waals surface area contributed by atoms with E-state index in [2.05, 4.69) is 15.2 Å². The third-order valence-corrected chi connectivity index (χ3v) is 3.47. The molecule has 1 aromatic carbocycles. The summed E-state index contributed by atoms with van der Waals surface area (Å²) in [5, 5.41) is 7.75. The molecule has 0 bridgehead atoms. The van der Waals surface area contributed by atoms with Gasteiger partial charge in [-0.3, -0.25) is 10.1 Å². The molecular weight excluding hydrogens is 272 g/mol. The van der Waals surface area contributed by atoms with Crippen molar-refractivity contribution < 1.29 is 0 Å². The Bertz CT molecular complexity index is 750. The lowest BCUT2D eigenvalue weighted by molar-refractivity contribution is 1.10. The topological polar surface area (TPSA) is 67.6 Å². The Hall–Kier alpha value is -2.33. The lowest BCUT2D eigenvalue weighted by atomic mass is 10.0. The minimum atomic E-state index is 0.447. The van der Waals surface area contributed by atoms with E-state index < -0.39 is 0 Å². The molecule has 0 radical (unpaired) electrons. The standard InChI is InChI=1S/C15H13ClN4/c1-9-2-3-11(12(16)8-9)14-13(15(17)20-19-14)10-4-6-18-7-5-10/h2-8H,1H3,(H3,17,19,20). The lowest BCUT2D eigenvalue weighted by Gasteiger charge is -2.07. The number of hydrogen-bond acceptors (Lipinski definition) is 3. The molecule has 0 atom stereocenters. The highest BCUT2D eigenvalue weighted by molar-refractivity contribution is 6.33. The number of rotatable bonds is 2. The van der Waals surface area contributed by atoms with Crippen molar-refractivity contribution in [3.63, 3.8) is 0 Å². The molecule has 0 aliphatic heterocycles. The molecule has 100 valence electrons. The Morgan fingerprint density at radius 2 is 1.90 bits per heavy atom. The normalized spacial score (nSPS) is 10.7. The molecule has 5 heteroatoms. The Balaban J connectivity index is 2.21. The van der Waals surface area contributed by atoms with E-state index in [9.17, 15) is 0 Å². The van der Waals surface area contributed by atoms with Gasteiger partial charge in [-0.05, 0) is 36.2 Å². The number of pyridine rings is 1. The number of hydrogen-bond donors (Lipinski definition) is 2. The number of aryl methyl sites for hydroxylation is 1. The van der Waals surface area contributed by atoms with Crippen LogP contribution in [0.5, 0.6) is 0 Å². The second-order valence-electron chi connectivity index (χ2n) is 4.58. The third kappa shape index (κ3) is 2.14. The highest BCUT2D eigenvalue weighted by Gasteiger charge is 2.16. The number of benzene rings is 1. The minimum Gasteiger partial charge on any atom is -0.382 e. The molecular formula is C15H13ClN4. The highest BCUT2D eigenvalue weighted by atomic mass is 35.5. The molecule has 3 aromatic rings. The maximum absolute atomic E-state index is 6.33. The summed E-state index contributed by atoms with van der Waals surface area (Å²) < 4.78 is 0. The van der Waals surface area contributed by atoms with Crippen molar-refractivity contribution in [1.29, 1.82) is 0 Å². The van der Waals surface area contributed by atoms with Crippen molar-refractivity contribution in [3.8, 4) is 22.4 Å². The molecule has 0 saturated carbocycles. The van der Waals surface area contributed by atoms with E-state index in [0.717, 1.165) is 27.9 Å². The Labute approximate surface area is 121 Å². The first-order valence-corrected chi connectivity index (χ1v) is 6.55. The first-order valence-electron chi connectivity index (χ1n) is 6.17. The van der Waals surface area contributed by atoms with Crippen LogP contribution in [0.3, 0.4) is 0 Å². The van der Waals surface area contributed by atoms with Crippen LogP contribution in [0.25, 0.3) is 22.4 Å². The van der Waals surface area contributed by atoms with Crippen molar-refractivity contribution >= 4 is 17.4 Å². The van der Waals surface area contributed by atoms with Gasteiger partial charge in [0.25, 0.3) is 0 Å². The zero-order chi connectivity index (χ0) is 14.1. The van der Waals surface area contributed by atoms with Crippen molar-refractivity contribution in [1.82, 2.24) is 15.2 Å². The number of nitrogens with zero attached hydrogens (tertiary/aromatic N) is 2. The van der Waals surface area contributed by atoms with Gasteiger partial charge in [0.15, 0.2) is 5.82 Å². The van der Waals surface area contributed by atoms with Crippen molar-refractivity contribution in [3.05, 3.63) is 53.3 Å². The minimum absolute atomic E-state index is 0.447. The van der Waals surface area contributed by atoms with Crippen LogP contribution in [-0.4, -0.2) is 15.2 Å². The summed E-state index contributed by atoms with van der Waals surface area (Å²) in [5.41, 5.74) is 10.6. The number of nitrogens with one attached hydrogen (secondary N) is 1. The first kappa shape index (κ1) is 12.7. The third-order valence-electron chi connectivity index (χ3n) is 3.16. The second-order valence-corrected chi connectivity index (χ2v) is 4.99. The van der Waals surface area contributed by atoms with Gasteiger partial charge in [-0.1, -0.05) is 23.7 Å². The molecule has 20 heavy (non-hydrogen) atoms. The molecule has 0 spiro atoms. The highest BCUT2D eigenvalue weighted by Crippen LogP contribution is 2.37. The Kier molecular flexibility index (Phi) is 3.16. The molecule has 0 aliphatic rings. The summed E-state index contributed by atoms with van der Waals surface area (Å²) in [6.07, 6.45) is 3.45. The van der Waals surface area contributed by atoms with E-state index >= 15 is 0 Å². The van der Waals surface area contributed by atoms with Crippen molar-refractivity contribution in [2.75, 3.05) is 5.73 Å². The molecule has 4 nitrogen and oxygen atoms in total. The fraction of sp³-hybridized carbons (Fsp3) is 0.0667. The molecule has 3 N–H and O–H groups in total. The first-order chi connectivity index (χ1) is 9.66. The molecule has 2 aromatic heterocycles. The van der Waals surface area contributed by atoms with E-state index in [1.165, 1.54) is 0 Å². The van der Waals surface area contributed by atoms with Gasteiger partial charge in [-0.2, -0.15) is 5.10 Å². The van der Waals surface area contributed by atoms with Gasteiger partial charge in [-0.25, -0.2) is 0 Å². The van der Waals surface area contributed by atoms with E-state index in [1.54, 1.807) is 12.4 Å². The molecule has 0 fully saturated rings. The van der Waals surface area contributed by atoms with Crippen LogP contribution in [0.15, 0.2) is 42.7 Å². The van der Waals surface area contributed by atoms with Crippen LogP contribution in [0.1, 0.15) is 5.56 Å². The van der Waals surface area contributed by atoms with Gasteiger partial charge in [0.1, 0.15) is 0 Å². The predicted molar refractivity (Wildman–Crippen MR) is 81.4 cm³/mol. The van der Waals surface area contributed by atoms with Gasteiger partial charge in [-0.15, -0.1) is 0 Å². The van der Waals surface area contributed by atoms with Crippen molar-refractivity contribution in [2.24, 2.45) is 0 Å². The zero-order valence-corrected chi connectivity index (χ0v) is 11.6. The Morgan fingerprint density at radius 1 is 1.15 bits per heavy atom. The van der Waals surface area contributed by atoms with Crippen LogP contribution < -0.4 is 5.73 Å². The number of anilines is 1. The van der Waals surface area contributed by atoms with Gasteiger partial charge in [0.05, 0.1) is 16.3 Å². The molecule has 0 aliphatic carbocycles. The monoisotopic (exact) mass is 284 g/mol. The van der Waals surface area contributed by atoms with Gasteiger partial charge >= 0.3 is 0 Å². The molecule has 0 saturated heterocycles. The molecule has 0 amide bonds.